The highest BCUT2D eigenvalue weighted by Gasteiger charge is 2.18. The fourth-order valence-corrected chi connectivity index (χ4v) is 5.32. The number of piperidine rings is 1. The Balaban J connectivity index is 1.58. The first-order chi connectivity index (χ1) is 12.4. The standard InChI is InChI=1S/C17H20ClN3O3S2/c18-15-7-8-17(25-15)26(23,24)19-12-16(22)20-13-5-4-6-14(11-13)21-9-2-1-3-10-21/h4-8,11,19H,1-3,9-10,12H2,(H,20,22). The minimum Gasteiger partial charge on any atom is -0.371 e. The smallest absolute Gasteiger partial charge is 0.250 e. The second-order valence-electron chi connectivity index (χ2n) is 6.03. The molecule has 2 N–H and O–H groups in total. The number of thiophene rings is 1. The van der Waals surface area contributed by atoms with Gasteiger partial charge in [-0.3, -0.25) is 4.79 Å². The van der Waals surface area contributed by atoms with E-state index in [1.807, 2.05) is 18.2 Å². The van der Waals surface area contributed by atoms with E-state index >= 15 is 0 Å². The summed E-state index contributed by atoms with van der Waals surface area (Å²) in [5, 5.41) is 2.74. The summed E-state index contributed by atoms with van der Waals surface area (Å²) < 4.78 is 27.0. The van der Waals surface area contributed by atoms with E-state index in [-0.39, 0.29) is 10.8 Å². The number of sulfonamides is 1. The minimum atomic E-state index is -3.74. The Morgan fingerprint density at radius 1 is 1.15 bits per heavy atom. The molecule has 0 aliphatic carbocycles. The van der Waals surface area contributed by atoms with Gasteiger partial charge in [0.05, 0.1) is 10.9 Å². The quantitative estimate of drug-likeness (QED) is 0.761. The molecule has 26 heavy (non-hydrogen) atoms. The van der Waals surface area contributed by atoms with Crippen LogP contribution in [0, 0.1) is 0 Å². The summed E-state index contributed by atoms with van der Waals surface area (Å²) >= 11 is 6.70. The molecule has 3 rings (SSSR count). The lowest BCUT2D eigenvalue weighted by molar-refractivity contribution is -0.115. The van der Waals surface area contributed by atoms with E-state index in [0.29, 0.717) is 10.0 Å². The summed E-state index contributed by atoms with van der Waals surface area (Å²) in [5.74, 6) is -0.424. The molecule has 0 radical (unpaired) electrons. The zero-order chi connectivity index (χ0) is 18.6. The van der Waals surface area contributed by atoms with Crippen LogP contribution in [0.15, 0.2) is 40.6 Å². The van der Waals surface area contributed by atoms with Crippen LogP contribution in [0.1, 0.15) is 19.3 Å². The molecule has 1 aliphatic heterocycles. The van der Waals surface area contributed by atoms with Crippen LogP contribution in [0.2, 0.25) is 4.34 Å². The lowest BCUT2D eigenvalue weighted by Crippen LogP contribution is -2.32. The van der Waals surface area contributed by atoms with E-state index in [2.05, 4.69) is 14.9 Å². The van der Waals surface area contributed by atoms with Crippen molar-refractivity contribution in [3.63, 3.8) is 0 Å². The molecule has 1 aromatic carbocycles. The van der Waals surface area contributed by atoms with Crippen molar-refractivity contribution in [1.82, 2.24) is 4.72 Å². The van der Waals surface area contributed by atoms with Crippen LogP contribution in [-0.2, 0) is 14.8 Å². The Morgan fingerprint density at radius 2 is 1.92 bits per heavy atom. The van der Waals surface area contributed by atoms with Crippen LogP contribution in [0.5, 0.6) is 0 Å². The minimum absolute atomic E-state index is 0.0856. The van der Waals surface area contributed by atoms with Crippen LogP contribution in [0.25, 0.3) is 0 Å². The molecule has 1 fully saturated rings. The number of hydrogen-bond acceptors (Lipinski definition) is 5. The number of nitrogens with zero attached hydrogens (tertiary/aromatic N) is 1. The molecule has 0 unspecified atom stereocenters. The van der Waals surface area contributed by atoms with Crippen molar-refractivity contribution in [2.24, 2.45) is 0 Å². The van der Waals surface area contributed by atoms with Gasteiger partial charge in [0.25, 0.3) is 10.0 Å². The molecule has 1 saturated heterocycles. The third kappa shape index (κ3) is 4.97. The van der Waals surface area contributed by atoms with Crippen molar-refractivity contribution in [1.29, 1.82) is 0 Å². The predicted octanol–water partition coefficient (Wildman–Crippen LogP) is 3.31. The zero-order valence-electron chi connectivity index (χ0n) is 14.1. The normalized spacial score (nSPS) is 15.0. The summed E-state index contributed by atoms with van der Waals surface area (Å²) in [6.07, 6.45) is 3.60. The fraction of sp³-hybridized carbons (Fsp3) is 0.353. The number of hydrogen-bond donors (Lipinski definition) is 2. The van der Waals surface area contributed by atoms with Gasteiger partial charge in [0.1, 0.15) is 4.21 Å². The predicted molar refractivity (Wildman–Crippen MR) is 106 cm³/mol. The maximum absolute atomic E-state index is 12.1. The number of benzene rings is 1. The first-order valence-corrected chi connectivity index (χ1v) is 11.0. The number of nitrogens with one attached hydrogen (secondary N) is 2. The molecule has 0 saturated carbocycles. The third-order valence-corrected chi connectivity index (χ3v) is 7.21. The van der Waals surface area contributed by atoms with Crippen molar-refractivity contribution < 1.29 is 13.2 Å². The molecule has 0 bridgehead atoms. The average molecular weight is 414 g/mol. The van der Waals surface area contributed by atoms with E-state index < -0.39 is 15.9 Å². The zero-order valence-corrected chi connectivity index (χ0v) is 16.5. The van der Waals surface area contributed by atoms with Crippen LogP contribution in [-0.4, -0.2) is 34.0 Å². The first kappa shape index (κ1) is 19.2. The Morgan fingerprint density at radius 3 is 2.62 bits per heavy atom. The first-order valence-electron chi connectivity index (χ1n) is 8.34. The Bertz CT molecular complexity index is 877. The molecule has 0 spiro atoms. The van der Waals surface area contributed by atoms with Gasteiger partial charge >= 0.3 is 0 Å². The summed E-state index contributed by atoms with van der Waals surface area (Å²) in [6.45, 7) is 1.69. The van der Waals surface area contributed by atoms with Gasteiger partial charge in [0.2, 0.25) is 5.91 Å². The molecule has 140 valence electrons. The maximum atomic E-state index is 12.1. The fourth-order valence-electron chi connectivity index (χ4n) is 2.81. The maximum Gasteiger partial charge on any atom is 0.250 e. The van der Waals surface area contributed by atoms with Crippen LogP contribution in [0.3, 0.4) is 0 Å². The Hall–Kier alpha value is -1.61. The lowest BCUT2D eigenvalue weighted by Gasteiger charge is -2.29. The number of halogens is 1. The van der Waals surface area contributed by atoms with E-state index in [1.165, 1.54) is 31.4 Å². The van der Waals surface area contributed by atoms with Gasteiger partial charge in [-0.1, -0.05) is 17.7 Å². The van der Waals surface area contributed by atoms with Crippen LogP contribution in [0.4, 0.5) is 11.4 Å². The van der Waals surface area contributed by atoms with Crippen molar-refractivity contribution >= 4 is 50.2 Å². The second kappa shape index (κ2) is 8.39. The summed E-state index contributed by atoms with van der Waals surface area (Å²) in [7, 11) is -3.74. The van der Waals surface area contributed by atoms with Gasteiger partial charge < -0.3 is 10.2 Å². The average Bonchev–Trinajstić information content (AvgIpc) is 3.09. The van der Waals surface area contributed by atoms with Crippen molar-refractivity contribution in [3.05, 3.63) is 40.7 Å². The summed E-state index contributed by atoms with van der Waals surface area (Å²) in [4.78, 5) is 14.4. The van der Waals surface area contributed by atoms with Gasteiger partial charge in [-0.15, -0.1) is 11.3 Å². The van der Waals surface area contributed by atoms with E-state index in [1.54, 1.807) is 6.07 Å². The number of carbonyl (C=O) groups is 1. The number of carbonyl (C=O) groups excluding carboxylic acids is 1. The third-order valence-electron chi connectivity index (χ3n) is 4.09. The largest absolute Gasteiger partial charge is 0.371 e. The van der Waals surface area contributed by atoms with Crippen LogP contribution >= 0.6 is 22.9 Å². The monoisotopic (exact) mass is 413 g/mol. The highest BCUT2D eigenvalue weighted by atomic mass is 35.5. The lowest BCUT2D eigenvalue weighted by atomic mass is 10.1. The van der Waals surface area contributed by atoms with E-state index in [9.17, 15) is 13.2 Å². The van der Waals surface area contributed by atoms with Crippen molar-refractivity contribution in [2.45, 2.75) is 23.5 Å². The highest BCUT2D eigenvalue weighted by molar-refractivity contribution is 7.91. The number of anilines is 2. The summed E-state index contributed by atoms with van der Waals surface area (Å²) in [6, 6.07) is 10.5. The topological polar surface area (TPSA) is 78.5 Å². The molecule has 9 heteroatoms. The molecular formula is C17H20ClN3O3S2. The van der Waals surface area contributed by atoms with Gasteiger partial charge in [-0.05, 0) is 49.6 Å². The molecule has 2 heterocycles. The highest BCUT2D eigenvalue weighted by Crippen LogP contribution is 2.25. The number of amides is 1. The molecule has 6 nitrogen and oxygen atoms in total. The van der Waals surface area contributed by atoms with E-state index in [0.717, 1.165) is 30.1 Å². The molecule has 1 aromatic heterocycles. The van der Waals surface area contributed by atoms with Crippen LogP contribution < -0.4 is 14.9 Å². The van der Waals surface area contributed by atoms with Crippen molar-refractivity contribution in [3.8, 4) is 0 Å². The Kier molecular flexibility index (Phi) is 6.18. The second-order valence-corrected chi connectivity index (χ2v) is 9.74. The van der Waals surface area contributed by atoms with E-state index in [4.69, 9.17) is 11.6 Å². The molecule has 2 aromatic rings. The number of rotatable bonds is 6. The molecule has 0 atom stereocenters. The molecular weight excluding hydrogens is 394 g/mol. The van der Waals surface area contributed by atoms with Gasteiger partial charge in [-0.2, -0.15) is 0 Å². The van der Waals surface area contributed by atoms with Gasteiger partial charge in [0.15, 0.2) is 0 Å². The SMILES string of the molecule is O=C(CNS(=O)(=O)c1ccc(Cl)s1)Nc1cccc(N2CCCCC2)c1. The van der Waals surface area contributed by atoms with Gasteiger partial charge in [0, 0.05) is 24.5 Å². The molecule has 1 aliphatic rings. The Labute approximate surface area is 162 Å². The van der Waals surface area contributed by atoms with Crippen molar-refractivity contribution in [2.75, 3.05) is 29.9 Å². The van der Waals surface area contributed by atoms with Gasteiger partial charge in [-0.25, -0.2) is 13.1 Å². The summed E-state index contributed by atoms with van der Waals surface area (Å²) in [5.41, 5.74) is 1.72. The molecule has 1 amide bonds.